The summed E-state index contributed by atoms with van der Waals surface area (Å²) in [6.07, 6.45) is 0. The molecule has 0 bridgehead atoms. The molecule has 3 fully saturated rings. The summed E-state index contributed by atoms with van der Waals surface area (Å²) in [4.78, 5) is 0. The van der Waals surface area contributed by atoms with Crippen LogP contribution in [0.25, 0.3) is 0 Å². The quantitative estimate of drug-likeness (QED) is 0.652. The molecule has 0 aromatic heterocycles. The predicted octanol–water partition coefficient (Wildman–Crippen LogP) is -0.340. The number of ether oxygens (including phenoxy) is 3. The lowest BCUT2D eigenvalue weighted by Gasteiger charge is -1.81. The van der Waals surface area contributed by atoms with E-state index in [2.05, 4.69) is 5.32 Å². The lowest BCUT2D eigenvalue weighted by molar-refractivity contribution is 0.0692. The zero-order valence-corrected chi connectivity index (χ0v) is 11.4. The lowest BCUT2D eigenvalue weighted by Crippen LogP contribution is -2.07. The van der Waals surface area contributed by atoms with Gasteiger partial charge in [0.1, 0.15) is 6.79 Å². The van der Waals surface area contributed by atoms with Gasteiger partial charge in [0, 0.05) is 12.3 Å². The van der Waals surface area contributed by atoms with Crippen molar-refractivity contribution in [2.45, 2.75) is 0 Å². The molecule has 3 heterocycles. The smallest absolute Gasteiger partial charge is 0.164 e. The first-order valence-corrected chi connectivity index (χ1v) is 8.40. The number of nitrogens with one attached hydrogen (secondary N) is 1. The molecule has 0 amide bonds. The third-order valence-electron chi connectivity index (χ3n) is 1.99. The van der Waals surface area contributed by atoms with Crippen LogP contribution in [0.3, 0.4) is 0 Å². The van der Waals surface area contributed by atoms with E-state index in [0.29, 0.717) is 19.1 Å². The van der Waals surface area contributed by atoms with E-state index >= 15 is 0 Å². The maximum atomic E-state index is 10.4. The number of sulfone groups is 1. The van der Waals surface area contributed by atoms with E-state index < -0.39 is 9.84 Å². The average molecular weight is 285 g/mol. The van der Waals surface area contributed by atoms with Crippen molar-refractivity contribution in [2.75, 3.05) is 56.5 Å². The first-order valence-electron chi connectivity index (χ1n) is 5.43. The number of hydrogen-bond donors (Lipinski definition) is 1. The molecule has 17 heavy (non-hydrogen) atoms. The van der Waals surface area contributed by atoms with E-state index in [1.54, 1.807) is 0 Å². The van der Waals surface area contributed by atoms with Crippen LogP contribution in [0.5, 0.6) is 0 Å². The van der Waals surface area contributed by atoms with Gasteiger partial charge in [0.15, 0.2) is 9.84 Å². The Hall–Kier alpha value is 0.140. The Morgan fingerprint density at radius 2 is 1.82 bits per heavy atom. The Bertz CT molecular complexity index is 238. The molecule has 3 aliphatic rings. The summed E-state index contributed by atoms with van der Waals surface area (Å²) in [5.41, 5.74) is 0. The molecule has 0 aliphatic carbocycles. The minimum absolute atomic E-state index is 0.174. The van der Waals surface area contributed by atoms with E-state index in [1.807, 2.05) is 11.8 Å². The molecule has 0 unspecified atom stereocenters. The average Bonchev–Trinajstić information content (AvgIpc) is 3.05. The van der Waals surface area contributed by atoms with E-state index in [4.69, 9.17) is 14.2 Å². The summed E-state index contributed by atoms with van der Waals surface area (Å²) in [5.74, 6) is 2.60. The van der Waals surface area contributed by atoms with Crippen molar-refractivity contribution in [1.82, 2.24) is 5.32 Å². The van der Waals surface area contributed by atoms with Crippen LogP contribution in [0.1, 0.15) is 0 Å². The Kier molecular flexibility index (Phi) is 8.15. The normalized spacial score (nSPS) is 25.6. The minimum Gasteiger partial charge on any atom is -0.370 e. The van der Waals surface area contributed by atoms with Crippen molar-refractivity contribution < 1.29 is 22.6 Å². The molecular weight excluding hydrogens is 266 g/mol. The monoisotopic (exact) mass is 285 g/mol. The highest BCUT2D eigenvalue weighted by molar-refractivity contribution is 7.99. The van der Waals surface area contributed by atoms with Crippen LogP contribution in [-0.2, 0) is 24.0 Å². The first kappa shape index (κ1) is 15.2. The number of hydrogen-bond acceptors (Lipinski definition) is 7. The van der Waals surface area contributed by atoms with Gasteiger partial charge in [-0.05, 0) is 0 Å². The predicted molar refractivity (Wildman–Crippen MR) is 66.7 cm³/mol. The highest BCUT2D eigenvalue weighted by Crippen LogP contribution is 2.06. The van der Waals surface area contributed by atoms with Crippen molar-refractivity contribution in [3.05, 3.63) is 0 Å². The molecular formula is C9H19NO5S2. The fourth-order valence-corrected chi connectivity index (χ4v) is 2.76. The van der Waals surface area contributed by atoms with Crippen molar-refractivity contribution in [2.24, 2.45) is 0 Å². The van der Waals surface area contributed by atoms with Crippen molar-refractivity contribution >= 4 is 21.6 Å². The zero-order chi connectivity index (χ0) is 12.4. The van der Waals surface area contributed by atoms with Gasteiger partial charge in [-0.1, -0.05) is 0 Å². The maximum absolute atomic E-state index is 10.4. The molecule has 0 aromatic rings. The summed E-state index contributed by atoms with van der Waals surface area (Å²) in [7, 11) is -2.66. The Morgan fingerprint density at radius 3 is 2.00 bits per heavy atom. The number of thioether (sulfide) groups is 1. The number of rotatable bonds is 0. The molecule has 3 saturated heterocycles. The summed E-state index contributed by atoms with van der Waals surface area (Å²) in [5, 5.41) is 2.72. The fraction of sp³-hybridized carbons (Fsp3) is 1.00. The standard InChI is InChI=1S/C3H7NO2S.C3H6O2.C3H6OS/c5-7(6)2-1-4-3-7;2*1-2-5-3-4-1/h4H,1-3H2;2*1-3H2. The SMILES string of the molecule is C1COCO1.C1CSCO1.O=S1(=O)CCNC1. The third kappa shape index (κ3) is 8.81. The maximum Gasteiger partial charge on any atom is 0.164 e. The van der Waals surface area contributed by atoms with Gasteiger partial charge in [0.25, 0.3) is 0 Å². The lowest BCUT2D eigenvalue weighted by atomic mass is 10.8. The van der Waals surface area contributed by atoms with Crippen molar-refractivity contribution in [3.8, 4) is 0 Å². The molecule has 3 rings (SSSR count). The van der Waals surface area contributed by atoms with Gasteiger partial charge in [-0.15, -0.1) is 11.8 Å². The minimum atomic E-state index is -2.66. The van der Waals surface area contributed by atoms with Gasteiger partial charge >= 0.3 is 0 Å². The van der Waals surface area contributed by atoms with Crippen LogP contribution in [-0.4, -0.2) is 64.9 Å². The Balaban J connectivity index is 0.000000130. The van der Waals surface area contributed by atoms with Gasteiger partial charge in [-0.2, -0.15) is 0 Å². The van der Waals surface area contributed by atoms with Crippen LogP contribution in [0.4, 0.5) is 0 Å². The fourth-order valence-electron chi connectivity index (χ4n) is 1.12. The molecule has 6 nitrogen and oxygen atoms in total. The van der Waals surface area contributed by atoms with Gasteiger partial charge in [-0.25, -0.2) is 8.42 Å². The first-order chi connectivity index (χ1) is 8.21. The van der Waals surface area contributed by atoms with E-state index in [-0.39, 0.29) is 5.88 Å². The second-order valence-corrected chi connectivity index (χ2v) is 6.70. The van der Waals surface area contributed by atoms with Gasteiger partial charge in [0.05, 0.1) is 37.4 Å². The second kappa shape index (κ2) is 9.12. The van der Waals surface area contributed by atoms with E-state index in [0.717, 1.165) is 25.8 Å². The molecule has 0 atom stereocenters. The van der Waals surface area contributed by atoms with E-state index in [9.17, 15) is 8.42 Å². The van der Waals surface area contributed by atoms with Crippen molar-refractivity contribution in [1.29, 1.82) is 0 Å². The van der Waals surface area contributed by atoms with Crippen LogP contribution < -0.4 is 5.32 Å². The van der Waals surface area contributed by atoms with Crippen molar-refractivity contribution in [3.63, 3.8) is 0 Å². The molecule has 3 aliphatic heterocycles. The topological polar surface area (TPSA) is 73.9 Å². The summed E-state index contributed by atoms with van der Waals surface area (Å²) in [6.45, 7) is 3.65. The molecule has 8 heteroatoms. The molecule has 102 valence electrons. The van der Waals surface area contributed by atoms with Crippen LogP contribution in [0.15, 0.2) is 0 Å². The molecule has 1 N–H and O–H groups in total. The van der Waals surface area contributed by atoms with Crippen LogP contribution >= 0.6 is 11.8 Å². The van der Waals surface area contributed by atoms with Gasteiger partial charge in [0.2, 0.25) is 0 Å². The summed E-state index contributed by atoms with van der Waals surface area (Å²) in [6, 6.07) is 0. The van der Waals surface area contributed by atoms with E-state index in [1.165, 1.54) is 5.75 Å². The largest absolute Gasteiger partial charge is 0.370 e. The summed E-state index contributed by atoms with van der Waals surface area (Å²) >= 11 is 1.85. The van der Waals surface area contributed by atoms with Crippen LogP contribution in [0.2, 0.25) is 0 Å². The Morgan fingerprint density at radius 1 is 1.06 bits per heavy atom. The highest BCUT2D eigenvalue weighted by atomic mass is 32.2. The van der Waals surface area contributed by atoms with Gasteiger partial charge < -0.3 is 19.5 Å². The molecule has 0 spiro atoms. The zero-order valence-electron chi connectivity index (χ0n) is 9.72. The second-order valence-electron chi connectivity index (χ2n) is 3.46. The molecule has 0 saturated carbocycles. The Labute approximate surface area is 106 Å². The van der Waals surface area contributed by atoms with Gasteiger partial charge in [-0.3, -0.25) is 0 Å². The third-order valence-corrected chi connectivity index (χ3v) is 4.25. The molecule has 0 aromatic carbocycles. The highest BCUT2D eigenvalue weighted by Gasteiger charge is 2.15. The molecule has 0 radical (unpaired) electrons. The summed E-state index contributed by atoms with van der Waals surface area (Å²) < 4.78 is 35.1. The van der Waals surface area contributed by atoms with Crippen LogP contribution in [0, 0.1) is 0 Å².